The Morgan fingerprint density at radius 2 is 1.27 bits per heavy atom. The Morgan fingerprint density at radius 3 is 1.84 bits per heavy atom. The number of hydrogen-bond acceptors (Lipinski definition) is 14. The molecule has 18 nitrogen and oxygen atoms in total. The molecule has 0 aliphatic carbocycles. The van der Waals surface area contributed by atoms with Crippen LogP contribution in [0.5, 0.6) is 23.0 Å². The summed E-state index contributed by atoms with van der Waals surface area (Å²) >= 11 is 4.26. The third kappa shape index (κ3) is 19.6. The van der Waals surface area contributed by atoms with E-state index in [1.165, 1.54) is 69.1 Å². The van der Waals surface area contributed by atoms with E-state index in [0.717, 1.165) is 12.8 Å². The summed E-state index contributed by atoms with van der Waals surface area (Å²) in [5, 5.41) is 14.1. The molecule has 5 N–H and O–H groups in total. The molecular formula is C67H83N7O11S. The van der Waals surface area contributed by atoms with E-state index in [1.807, 2.05) is 36.5 Å². The lowest BCUT2D eigenvalue weighted by Crippen LogP contribution is -2.50. The number of carbonyl (C=O) groups is 7. The van der Waals surface area contributed by atoms with Gasteiger partial charge in [-0.05, 0) is 143 Å². The molecule has 458 valence electrons. The first-order chi connectivity index (χ1) is 41.0. The zero-order chi connectivity index (χ0) is 62.6. The van der Waals surface area contributed by atoms with Crippen LogP contribution in [-0.2, 0) is 50.0 Å². The van der Waals surface area contributed by atoms with Crippen LogP contribution in [0, 0.1) is 25.7 Å². The van der Waals surface area contributed by atoms with Crippen molar-refractivity contribution in [2.75, 3.05) is 44.5 Å². The van der Waals surface area contributed by atoms with Crippen LogP contribution in [0.15, 0.2) is 108 Å². The fourth-order valence-corrected chi connectivity index (χ4v) is 10.2. The van der Waals surface area contributed by atoms with Crippen LogP contribution in [0.4, 0.5) is 17.1 Å². The third-order valence-electron chi connectivity index (χ3n) is 14.8. The lowest BCUT2D eigenvalue weighted by molar-refractivity contribution is -0.130. The highest BCUT2D eigenvalue weighted by molar-refractivity contribution is 7.81. The molecule has 19 heteroatoms. The highest BCUT2D eigenvalue weighted by atomic mass is 32.1. The van der Waals surface area contributed by atoms with Crippen molar-refractivity contribution >= 4 is 77.0 Å². The van der Waals surface area contributed by atoms with Crippen molar-refractivity contribution in [1.82, 2.24) is 20.9 Å². The number of nitrogens with zero attached hydrogens (tertiary/aromatic N) is 2. The second kappa shape index (κ2) is 32.2. The first-order valence-electron chi connectivity index (χ1n) is 29.1. The van der Waals surface area contributed by atoms with Gasteiger partial charge in [0.05, 0.1) is 25.2 Å². The van der Waals surface area contributed by atoms with Gasteiger partial charge in [0.2, 0.25) is 29.5 Å². The van der Waals surface area contributed by atoms with Crippen LogP contribution in [0.25, 0.3) is 0 Å². The molecule has 0 saturated carbocycles. The number of amides is 5. The van der Waals surface area contributed by atoms with Gasteiger partial charge in [-0.1, -0.05) is 69.0 Å². The Hall–Kier alpha value is -8.45. The molecule has 1 fully saturated rings. The predicted molar refractivity (Wildman–Crippen MR) is 339 cm³/mol. The van der Waals surface area contributed by atoms with Crippen LogP contribution in [-0.4, -0.2) is 103 Å². The van der Waals surface area contributed by atoms with Gasteiger partial charge in [0.25, 0.3) is 0 Å². The van der Waals surface area contributed by atoms with Gasteiger partial charge in [-0.15, -0.1) is 0 Å². The van der Waals surface area contributed by atoms with Gasteiger partial charge in [-0.25, -0.2) is 0 Å². The van der Waals surface area contributed by atoms with Crippen molar-refractivity contribution in [3.63, 3.8) is 0 Å². The number of unbranched alkanes of at least 4 members (excludes halogenated alkanes) is 1. The Balaban J connectivity index is 1.15. The van der Waals surface area contributed by atoms with Crippen molar-refractivity contribution in [2.24, 2.45) is 16.8 Å². The van der Waals surface area contributed by atoms with E-state index < -0.39 is 35.1 Å². The van der Waals surface area contributed by atoms with Crippen LogP contribution in [0.2, 0.25) is 0 Å². The number of anilines is 2. The average Bonchev–Trinajstić information content (AvgIpc) is 3.83. The second-order valence-corrected chi connectivity index (χ2v) is 22.8. The largest absolute Gasteiger partial charge is 0.493 e. The normalized spacial score (nSPS) is 14.4. The topological polar surface area (TPSA) is 232 Å². The summed E-state index contributed by atoms with van der Waals surface area (Å²) < 4.78 is 24.4. The third-order valence-corrected chi connectivity index (χ3v) is 15.2. The second-order valence-electron chi connectivity index (χ2n) is 22.1. The van der Waals surface area contributed by atoms with Gasteiger partial charge in [-0.3, -0.25) is 38.6 Å². The number of nitrogens with one attached hydrogen (secondary N) is 5. The van der Waals surface area contributed by atoms with E-state index in [2.05, 4.69) is 97.8 Å². The summed E-state index contributed by atoms with van der Waals surface area (Å²) in [6, 6.07) is 26.4. The molecule has 1 heterocycles. The van der Waals surface area contributed by atoms with Crippen LogP contribution in [0.3, 0.4) is 0 Å². The number of aliphatic imine (C=N–C) groups is 1. The predicted octanol–water partition coefficient (Wildman–Crippen LogP) is 10.4. The molecule has 0 radical (unpaired) electrons. The van der Waals surface area contributed by atoms with E-state index in [1.54, 1.807) is 36.4 Å². The number of benzene rings is 5. The number of hydrogen-bond donors (Lipinski definition) is 6. The zero-order valence-electron chi connectivity index (χ0n) is 51.1. The van der Waals surface area contributed by atoms with Crippen molar-refractivity contribution < 1.29 is 52.5 Å². The lowest BCUT2D eigenvalue weighted by Gasteiger charge is -2.20. The van der Waals surface area contributed by atoms with Crippen LogP contribution in [0.1, 0.15) is 128 Å². The molecule has 0 aromatic heterocycles. The summed E-state index contributed by atoms with van der Waals surface area (Å²) in [6.07, 6.45) is 4.96. The number of Topliss-reactive ketones (excluding diaryl/α,β-unsaturated/α-hetero) is 2. The molecule has 1 unspecified atom stereocenters. The number of thiol groups is 1. The minimum atomic E-state index is -1.06. The van der Waals surface area contributed by atoms with Crippen molar-refractivity contribution in [1.29, 1.82) is 0 Å². The Labute approximate surface area is 511 Å². The minimum Gasteiger partial charge on any atom is -0.493 e. The number of carbonyl (C=O) groups excluding carboxylic acids is 7. The maximum Gasteiger partial charge on any atom is 0.246 e. The van der Waals surface area contributed by atoms with Crippen LogP contribution < -0.4 is 45.5 Å². The summed E-state index contributed by atoms with van der Waals surface area (Å²) in [5.74, 6) is -0.656. The highest BCUT2D eigenvalue weighted by Crippen LogP contribution is 2.38. The summed E-state index contributed by atoms with van der Waals surface area (Å²) in [5.41, 5.74) is 8.86. The SMILES string of the molecule is C=C1CC(S)C(=O)N1CCNC(=O)CCCCC(=O)N[C@@H](C)C(=O)N[C@@H](C)C(=O)Nc1cc(COc2cc(N=C[C@@H](C)Cc3ccccc3C)c(C(C)=O)cc2OC)cc(COc2cc(NC[C@@H](C)Cc3ccccc3C)c(C(C)=O)cc2OC)c1. The number of aryl methyl sites for hydroxylation is 2. The van der Waals surface area contributed by atoms with E-state index in [4.69, 9.17) is 23.9 Å². The number of likely N-dealkylation sites (tertiary alicyclic amines) is 1. The van der Waals surface area contributed by atoms with Gasteiger partial charge < -0.3 is 50.4 Å². The molecule has 0 bridgehead atoms. The number of ketones is 2. The summed E-state index contributed by atoms with van der Waals surface area (Å²) in [6.45, 7) is 19.3. The average molecular weight is 1190 g/mol. The minimum absolute atomic E-state index is 0.0291. The number of allylic oxidation sites excluding steroid dienone is 1. The van der Waals surface area contributed by atoms with Gasteiger partial charge in [0.1, 0.15) is 25.3 Å². The van der Waals surface area contributed by atoms with Crippen LogP contribution >= 0.6 is 12.6 Å². The maximum atomic E-state index is 13.9. The van der Waals surface area contributed by atoms with E-state index in [0.29, 0.717) is 100 Å². The lowest BCUT2D eigenvalue weighted by atomic mass is 9.97. The fraction of sp³-hybridized carbons (Fsp3) is 0.403. The molecule has 5 aromatic carbocycles. The molecule has 1 aliphatic rings. The highest BCUT2D eigenvalue weighted by Gasteiger charge is 2.32. The first kappa shape index (κ1) is 66.7. The number of methoxy groups -OCH3 is 2. The molecular weight excluding hydrogens is 1110 g/mol. The molecule has 1 saturated heterocycles. The van der Waals surface area contributed by atoms with Gasteiger partial charge in [0, 0.05) is 85.4 Å². The molecule has 0 spiro atoms. The summed E-state index contributed by atoms with van der Waals surface area (Å²) in [7, 11) is 2.98. The summed E-state index contributed by atoms with van der Waals surface area (Å²) in [4.78, 5) is 97.1. The Kier molecular flexibility index (Phi) is 24.9. The van der Waals surface area contributed by atoms with E-state index in [9.17, 15) is 33.6 Å². The zero-order valence-corrected chi connectivity index (χ0v) is 52.0. The fourth-order valence-electron chi connectivity index (χ4n) is 9.85. The molecule has 5 atom stereocenters. The van der Waals surface area contributed by atoms with Crippen molar-refractivity contribution in [3.05, 3.63) is 148 Å². The number of ether oxygens (including phenoxy) is 4. The van der Waals surface area contributed by atoms with Gasteiger partial charge in [-0.2, -0.15) is 12.6 Å². The van der Waals surface area contributed by atoms with Crippen molar-refractivity contribution in [2.45, 2.75) is 131 Å². The molecule has 86 heavy (non-hydrogen) atoms. The Morgan fingerprint density at radius 1 is 0.709 bits per heavy atom. The molecule has 6 rings (SSSR count). The van der Waals surface area contributed by atoms with E-state index >= 15 is 0 Å². The Bertz CT molecular complexity index is 3310. The monoisotopic (exact) mass is 1190 g/mol. The molecule has 1 aliphatic heterocycles. The van der Waals surface area contributed by atoms with E-state index in [-0.39, 0.29) is 67.8 Å². The number of rotatable bonds is 32. The smallest absolute Gasteiger partial charge is 0.246 e. The quantitative estimate of drug-likeness (QED) is 0.0102. The standard InChI is InChI=1S/C67H83N7O11S/c1-40(26-51-20-14-12-18-42(51)3)36-69-56-34-60(58(82-10)32-54(56)47(8)75)84-38-49-29-50(39-85-61-35-57(55(48(9)76)33-59(61)83-11)70-37-41(2)27-52-21-15-13-19-43(52)4)31-53(30-49)73-66(80)46(7)72-65(79)45(6)71-64(78)23-17-16-22-63(77)68-24-25-74-44(5)28-62(86)67(74)81/h12-15,18-21,29-36,40-41,45-46,62,70,86H,5,16-17,22-28,37-39H2,1-4,6-11H3,(H,68,77)(H,71,78)(H,72,79)(H,73,80)/t40-,41-,45-,46-,62?/m0/s1. The van der Waals surface area contributed by atoms with Gasteiger partial charge in [0.15, 0.2) is 34.6 Å². The molecule has 5 aromatic rings. The maximum absolute atomic E-state index is 13.9. The molecule has 5 amide bonds. The van der Waals surface area contributed by atoms with Crippen molar-refractivity contribution in [3.8, 4) is 23.0 Å². The van der Waals surface area contributed by atoms with Gasteiger partial charge >= 0.3 is 0 Å². The first-order valence-corrected chi connectivity index (χ1v) is 29.6.